The Bertz CT molecular complexity index is 619. The summed E-state index contributed by atoms with van der Waals surface area (Å²) in [6.07, 6.45) is 0.425. The molecule has 0 bridgehead atoms. The van der Waals surface area contributed by atoms with E-state index in [-0.39, 0.29) is 11.7 Å². The van der Waals surface area contributed by atoms with Crippen molar-refractivity contribution in [1.82, 2.24) is 15.5 Å². The molecule has 1 aromatic carbocycles. The molecule has 1 heterocycles. The predicted octanol–water partition coefficient (Wildman–Crippen LogP) is 1.52. The van der Waals surface area contributed by atoms with Crippen LogP contribution in [0.5, 0.6) is 0 Å². The fraction of sp³-hybridized carbons (Fsp3) is 0.333. The number of aryl methyl sites for hydroxylation is 2. The van der Waals surface area contributed by atoms with Crippen molar-refractivity contribution in [2.45, 2.75) is 26.3 Å². The van der Waals surface area contributed by atoms with E-state index in [0.717, 1.165) is 5.69 Å². The Kier molecular flexibility index (Phi) is 4.70. The van der Waals surface area contributed by atoms with Crippen molar-refractivity contribution >= 4 is 5.91 Å². The summed E-state index contributed by atoms with van der Waals surface area (Å²) in [5, 5.41) is 9.56. The van der Waals surface area contributed by atoms with Crippen LogP contribution in [0.15, 0.2) is 24.3 Å². The van der Waals surface area contributed by atoms with Gasteiger partial charge in [0, 0.05) is 17.8 Å². The molecule has 4 N–H and O–H groups in total. The highest BCUT2D eigenvalue weighted by atomic mass is 19.1. The summed E-state index contributed by atoms with van der Waals surface area (Å²) >= 11 is 0. The molecule has 0 aliphatic carbocycles. The highest BCUT2D eigenvalue weighted by molar-refractivity contribution is 5.83. The molecule has 0 fully saturated rings. The summed E-state index contributed by atoms with van der Waals surface area (Å²) in [5.74, 6) is -0.559. The Balaban J connectivity index is 1.92. The topological polar surface area (TPSA) is 83.8 Å². The highest BCUT2D eigenvalue weighted by Crippen LogP contribution is 2.17. The Hall–Kier alpha value is -2.21. The van der Waals surface area contributed by atoms with Gasteiger partial charge in [0.15, 0.2) is 0 Å². The number of halogens is 1. The van der Waals surface area contributed by atoms with Crippen molar-refractivity contribution in [2.75, 3.05) is 6.54 Å². The number of nitrogens with one attached hydrogen (secondary N) is 2. The van der Waals surface area contributed by atoms with Crippen LogP contribution in [-0.2, 0) is 11.2 Å². The quantitative estimate of drug-likeness (QED) is 0.780. The monoisotopic (exact) mass is 290 g/mol. The molecule has 5 nitrogen and oxygen atoms in total. The van der Waals surface area contributed by atoms with Gasteiger partial charge < -0.3 is 11.1 Å². The lowest BCUT2D eigenvalue weighted by Crippen LogP contribution is -2.35. The molecule has 1 amide bonds. The van der Waals surface area contributed by atoms with Gasteiger partial charge in [-0.3, -0.25) is 9.89 Å². The zero-order valence-electron chi connectivity index (χ0n) is 12.1. The molecule has 0 saturated carbocycles. The zero-order valence-corrected chi connectivity index (χ0v) is 12.1. The summed E-state index contributed by atoms with van der Waals surface area (Å²) in [6, 6.07) is 5.74. The molecule has 0 spiro atoms. The summed E-state index contributed by atoms with van der Waals surface area (Å²) < 4.78 is 13.5. The number of aromatic amines is 1. The Morgan fingerprint density at radius 3 is 2.76 bits per heavy atom. The van der Waals surface area contributed by atoms with Gasteiger partial charge >= 0.3 is 0 Å². The molecule has 6 heteroatoms. The standard InChI is InChI=1S/C15H19FN4O/c1-9-13(10(2)20-19-9)14(17)15(21)18-8-7-11-5-3-4-6-12(11)16/h3-6,14H,7-8,17H2,1-2H3,(H,18,21)(H,19,20)/t14-/m0/s1. The van der Waals surface area contributed by atoms with Crippen molar-refractivity contribution in [3.05, 3.63) is 52.6 Å². The molecule has 112 valence electrons. The van der Waals surface area contributed by atoms with Crippen LogP contribution in [0.25, 0.3) is 0 Å². The van der Waals surface area contributed by atoms with Crippen molar-refractivity contribution < 1.29 is 9.18 Å². The maximum absolute atomic E-state index is 13.5. The predicted molar refractivity (Wildman–Crippen MR) is 78.1 cm³/mol. The van der Waals surface area contributed by atoms with Crippen molar-refractivity contribution in [3.63, 3.8) is 0 Å². The summed E-state index contributed by atoms with van der Waals surface area (Å²) in [4.78, 5) is 12.0. The lowest BCUT2D eigenvalue weighted by Gasteiger charge is -2.13. The van der Waals surface area contributed by atoms with Crippen molar-refractivity contribution in [2.24, 2.45) is 5.73 Å². The van der Waals surface area contributed by atoms with Gasteiger partial charge in [-0.25, -0.2) is 4.39 Å². The number of benzene rings is 1. The van der Waals surface area contributed by atoms with Gasteiger partial charge in [0.1, 0.15) is 11.9 Å². The molecule has 0 saturated heterocycles. The second-order valence-electron chi connectivity index (χ2n) is 4.96. The summed E-state index contributed by atoms with van der Waals surface area (Å²) in [5.41, 5.74) is 8.72. The molecule has 0 unspecified atom stereocenters. The molecule has 21 heavy (non-hydrogen) atoms. The van der Waals surface area contributed by atoms with Gasteiger partial charge in [0.25, 0.3) is 0 Å². The van der Waals surface area contributed by atoms with Crippen molar-refractivity contribution in [3.8, 4) is 0 Å². The first-order chi connectivity index (χ1) is 10.0. The van der Waals surface area contributed by atoms with Gasteiger partial charge in [-0.2, -0.15) is 5.10 Å². The molecule has 0 aliphatic rings. The third-order valence-corrected chi connectivity index (χ3v) is 3.43. The van der Waals surface area contributed by atoms with Gasteiger partial charge in [-0.15, -0.1) is 0 Å². The largest absolute Gasteiger partial charge is 0.354 e. The highest BCUT2D eigenvalue weighted by Gasteiger charge is 2.21. The second-order valence-corrected chi connectivity index (χ2v) is 4.96. The van der Waals surface area contributed by atoms with Gasteiger partial charge in [-0.05, 0) is 31.9 Å². The maximum Gasteiger partial charge on any atom is 0.241 e. The maximum atomic E-state index is 13.5. The number of rotatable bonds is 5. The molecule has 0 aliphatic heterocycles. The van der Waals surface area contributed by atoms with E-state index in [1.54, 1.807) is 25.1 Å². The van der Waals surface area contributed by atoms with E-state index < -0.39 is 6.04 Å². The van der Waals surface area contributed by atoms with E-state index in [2.05, 4.69) is 15.5 Å². The van der Waals surface area contributed by atoms with Crippen LogP contribution in [0.2, 0.25) is 0 Å². The van der Waals surface area contributed by atoms with Crippen LogP contribution in [0, 0.1) is 19.7 Å². The van der Waals surface area contributed by atoms with Gasteiger partial charge in [-0.1, -0.05) is 18.2 Å². The first-order valence-corrected chi connectivity index (χ1v) is 6.79. The number of carbonyl (C=O) groups is 1. The van der Waals surface area contributed by atoms with E-state index in [1.165, 1.54) is 6.07 Å². The molecule has 0 radical (unpaired) electrons. The minimum Gasteiger partial charge on any atom is -0.354 e. The molecule has 1 atom stereocenters. The third kappa shape index (κ3) is 3.46. The average molecular weight is 290 g/mol. The number of H-pyrrole nitrogens is 1. The minimum atomic E-state index is -0.774. The fourth-order valence-corrected chi connectivity index (χ4v) is 2.28. The van der Waals surface area contributed by atoms with Crippen molar-refractivity contribution in [1.29, 1.82) is 0 Å². The van der Waals surface area contributed by atoms with E-state index in [1.807, 2.05) is 6.92 Å². The number of hydrogen-bond acceptors (Lipinski definition) is 3. The smallest absolute Gasteiger partial charge is 0.241 e. The summed E-state index contributed by atoms with van der Waals surface area (Å²) in [6.45, 7) is 3.95. The SMILES string of the molecule is Cc1n[nH]c(C)c1[C@H](N)C(=O)NCCc1ccccc1F. The van der Waals surface area contributed by atoms with Crippen LogP contribution >= 0.6 is 0 Å². The molecule has 1 aromatic heterocycles. The molecular weight excluding hydrogens is 271 g/mol. The molecular formula is C15H19FN4O. The summed E-state index contributed by atoms with van der Waals surface area (Å²) in [7, 11) is 0. The molecule has 2 aromatic rings. The van der Waals surface area contributed by atoms with Crippen LogP contribution in [0.1, 0.15) is 28.6 Å². The number of hydrogen-bond donors (Lipinski definition) is 3. The second kappa shape index (κ2) is 6.49. The number of aromatic nitrogens is 2. The minimum absolute atomic E-state index is 0.266. The van der Waals surface area contributed by atoms with E-state index in [0.29, 0.717) is 29.8 Å². The lowest BCUT2D eigenvalue weighted by molar-refractivity contribution is -0.122. The lowest BCUT2D eigenvalue weighted by atomic mass is 10.0. The van der Waals surface area contributed by atoms with Crippen LogP contribution < -0.4 is 11.1 Å². The first-order valence-electron chi connectivity index (χ1n) is 6.79. The van der Waals surface area contributed by atoms with Crippen LogP contribution in [0.4, 0.5) is 4.39 Å². The third-order valence-electron chi connectivity index (χ3n) is 3.43. The van der Waals surface area contributed by atoms with Crippen LogP contribution in [-0.4, -0.2) is 22.6 Å². The molecule has 2 rings (SSSR count). The van der Waals surface area contributed by atoms with E-state index in [9.17, 15) is 9.18 Å². The van der Waals surface area contributed by atoms with Gasteiger partial charge in [0.2, 0.25) is 5.91 Å². The Labute approximate surface area is 122 Å². The van der Waals surface area contributed by atoms with Gasteiger partial charge in [0.05, 0.1) is 5.69 Å². The van der Waals surface area contributed by atoms with Crippen LogP contribution in [0.3, 0.4) is 0 Å². The first kappa shape index (κ1) is 15.2. The fourth-order valence-electron chi connectivity index (χ4n) is 2.28. The number of carbonyl (C=O) groups excluding carboxylic acids is 1. The average Bonchev–Trinajstić information content (AvgIpc) is 2.79. The number of nitrogens with zero attached hydrogens (tertiary/aromatic N) is 1. The zero-order chi connectivity index (χ0) is 15.4. The normalized spacial score (nSPS) is 12.2. The van der Waals surface area contributed by atoms with E-state index >= 15 is 0 Å². The Morgan fingerprint density at radius 1 is 1.43 bits per heavy atom. The van der Waals surface area contributed by atoms with E-state index in [4.69, 9.17) is 5.73 Å². The Morgan fingerprint density at radius 2 is 2.14 bits per heavy atom. The number of nitrogens with two attached hydrogens (primary N) is 1. The number of amides is 1.